The molecule has 1 nitrogen and oxygen atoms in total. The molecular weight excluding hydrogens is 250 g/mol. The summed E-state index contributed by atoms with van der Waals surface area (Å²) in [6, 6.07) is 9.29. The largest absolute Gasteiger partial charge is 0.308 e. The van der Waals surface area contributed by atoms with Gasteiger partial charge in [0.05, 0.1) is 0 Å². The van der Waals surface area contributed by atoms with E-state index in [1.54, 1.807) is 11.1 Å². The molecule has 2 aromatic rings. The number of aryl methyl sites for hydroxylation is 4. The monoisotopic (exact) mass is 271 g/mol. The van der Waals surface area contributed by atoms with Crippen LogP contribution < -0.4 is 5.32 Å². The maximum absolute atomic E-state index is 3.56. The quantitative estimate of drug-likeness (QED) is 0.881. The molecule has 1 aromatic heterocycles. The first-order chi connectivity index (χ1) is 9.22. The van der Waals surface area contributed by atoms with Crippen molar-refractivity contribution in [2.75, 3.05) is 0 Å². The lowest BCUT2D eigenvalue weighted by Gasteiger charge is -2.06. The van der Waals surface area contributed by atoms with E-state index in [9.17, 15) is 0 Å². The van der Waals surface area contributed by atoms with Crippen LogP contribution in [0.4, 0.5) is 0 Å². The molecule has 1 aliphatic carbocycles. The molecule has 0 fully saturated rings. The van der Waals surface area contributed by atoms with E-state index in [2.05, 4.69) is 43.4 Å². The van der Waals surface area contributed by atoms with Gasteiger partial charge in [0.2, 0.25) is 0 Å². The van der Waals surface area contributed by atoms with Crippen LogP contribution in [0.1, 0.15) is 38.4 Å². The number of thiophene rings is 1. The number of fused-ring (bicyclic) bond motifs is 1. The summed E-state index contributed by atoms with van der Waals surface area (Å²) in [5.41, 5.74) is 5.97. The summed E-state index contributed by atoms with van der Waals surface area (Å²) in [6.07, 6.45) is 3.88. The van der Waals surface area contributed by atoms with Crippen molar-refractivity contribution in [3.8, 4) is 0 Å². The second-order valence-corrected chi connectivity index (χ2v) is 6.85. The summed E-state index contributed by atoms with van der Waals surface area (Å²) in [6.45, 7) is 6.35. The van der Waals surface area contributed by atoms with Gasteiger partial charge in [0, 0.05) is 22.8 Å². The number of nitrogens with one attached hydrogen (secondary N) is 1. The van der Waals surface area contributed by atoms with E-state index in [1.807, 2.05) is 11.3 Å². The van der Waals surface area contributed by atoms with Crippen LogP contribution in [-0.2, 0) is 25.9 Å². The van der Waals surface area contributed by atoms with Crippen molar-refractivity contribution in [1.82, 2.24) is 5.32 Å². The molecular formula is C17H21NS. The first-order valence-electron chi connectivity index (χ1n) is 7.09. The molecule has 1 aromatic carbocycles. The molecule has 0 aliphatic heterocycles. The Balaban J connectivity index is 1.57. The smallest absolute Gasteiger partial charge is 0.0303 e. The molecule has 100 valence electrons. The third-order valence-corrected chi connectivity index (χ3v) is 5.16. The molecule has 0 amide bonds. The van der Waals surface area contributed by atoms with Crippen LogP contribution in [0.25, 0.3) is 0 Å². The normalized spacial score (nSPS) is 13.8. The minimum Gasteiger partial charge on any atom is -0.308 e. The molecule has 19 heavy (non-hydrogen) atoms. The summed E-state index contributed by atoms with van der Waals surface area (Å²) in [4.78, 5) is 2.88. The minimum atomic E-state index is 0.975. The van der Waals surface area contributed by atoms with Gasteiger partial charge in [-0.2, -0.15) is 0 Å². The van der Waals surface area contributed by atoms with Crippen molar-refractivity contribution in [2.24, 2.45) is 0 Å². The number of benzene rings is 1. The van der Waals surface area contributed by atoms with E-state index in [-0.39, 0.29) is 0 Å². The lowest BCUT2D eigenvalue weighted by molar-refractivity contribution is 0.700. The van der Waals surface area contributed by atoms with E-state index in [1.165, 1.54) is 40.1 Å². The number of rotatable bonds is 4. The zero-order valence-corrected chi connectivity index (χ0v) is 12.6. The van der Waals surface area contributed by atoms with Gasteiger partial charge in [-0.25, -0.2) is 0 Å². The lowest BCUT2D eigenvalue weighted by Crippen LogP contribution is -2.11. The Labute approximate surface area is 119 Å². The molecule has 0 saturated carbocycles. The fourth-order valence-electron chi connectivity index (χ4n) is 2.80. The predicted molar refractivity (Wildman–Crippen MR) is 82.8 cm³/mol. The molecule has 0 saturated heterocycles. The highest BCUT2D eigenvalue weighted by molar-refractivity contribution is 7.12. The summed E-state index contributed by atoms with van der Waals surface area (Å²) < 4.78 is 0. The molecule has 3 rings (SSSR count). The van der Waals surface area contributed by atoms with Crippen LogP contribution in [0.5, 0.6) is 0 Å². The van der Waals surface area contributed by atoms with E-state index in [0.29, 0.717) is 0 Å². The average molecular weight is 271 g/mol. The third-order valence-electron chi connectivity index (χ3n) is 4.01. The van der Waals surface area contributed by atoms with Crippen LogP contribution >= 0.6 is 11.3 Å². The third kappa shape index (κ3) is 2.90. The fraction of sp³-hybridized carbons (Fsp3) is 0.412. The average Bonchev–Trinajstić information content (AvgIpc) is 2.96. The Hall–Kier alpha value is -1.12. The highest BCUT2D eigenvalue weighted by atomic mass is 32.1. The summed E-state index contributed by atoms with van der Waals surface area (Å²) in [7, 11) is 0. The Bertz CT molecular complexity index is 563. The van der Waals surface area contributed by atoms with Gasteiger partial charge in [-0.05, 0) is 61.4 Å². The second kappa shape index (κ2) is 5.48. The van der Waals surface area contributed by atoms with Crippen LogP contribution in [0.3, 0.4) is 0 Å². The van der Waals surface area contributed by atoms with Gasteiger partial charge in [0.15, 0.2) is 0 Å². The summed E-state index contributed by atoms with van der Waals surface area (Å²) in [5.74, 6) is 0. The van der Waals surface area contributed by atoms with Gasteiger partial charge in [0.1, 0.15) is 0 Å². The maximum atomic E-state index is 3.56. The fourth-order valence-corrected chi connectivity index (χ4v) is 3.83. The van der Waals surface area contributed by atoms with Crippen LogP contribution in [-0.4, -0.2) is 0 Å². The van der Waals surface area contributed by atoms with E-state index < -0.39 is 0 Å². The molecule has 0 spiro atoms. The topological polar surface area (TPSA) is 12.0 Å². The van der Waals surface area contributed by atoms with E-state index in [0.717, 1.165) is 13.1 Å². The van der Waals surface area contributed by atoms with Crippen molar-refractivity contribution in [3.63, 3.8) is 0 Å². The van der Waals surface area contributed by atoms with Gasteiger partial charge in [0.25, 0.3) is 0 Å². The molecule has 0 unspecified atom stereocenters. The van der Waals surface area contributed by atoms with Gasteiger partial charge in [-0.15, -0.1) is 11.3 Å². The van der Waals surface area contributed by atoms with Gasteiger partial charge >= 0.3 is 0 Å². The number of hydrogen-bond acceptors (Lipinski definition) is 2. The Morgan fingerprint density at radius 3 is 2.68 bits per heavy atom. The predicted octanol–water partition coefficient (Wildman–Crippen LogP) is 4.14. The molecule has 1 N–H and O–H groups in total. The standard InChI is InChI=1S/C17H21NS/c1-12-8-17(19-13(12)2)11-18-10-14-6-7-15-4-3-5-16(15)9-14/h6-9,18H,3-5,10-11H2,1-2H3. The SMILES string of the molecule is Cc1cc(CNCc2ccc3c(c2)CCC3)sc1C. The molecule has 1 aliphatic rings. The van der Waals surface area contributed by atoms with Gasteiger partial charge < -0.3 is 5.32 Å². The Morgan fingerprint density at radius 2 is 1.89 bits per heavy atom. The van der Waals surface area contributed by atoms with Crippen molar-refractivity contribution < 1.29 is 0 Å². The van der Waals surface area contributed by atoms with Crippen molar-refractivity contribution >= 4 is 11.3 Å². The zero-order chi connectivity index (χ0) is 13.2. The Kier molecular flexibility index (Phi) is 3.72. The van der Waals surface area contributed by atoms with Crippen molar-refractivity contribution in [2.45, 2.75) is 46.2 Å². The van der Waals surface area contributed by atoms with E-state index in [4.69, 9.17) is 0 Å². The minimum absolute atomic E-state index is 0.975. The highest BCUT2D eigenvalue weighted by Gasteiger charge is 2.10. The van der Waals surface area contributed by atoms with Crippen molar-refractivity contribution in [3.05, 3.63) is 56.3 Å². The molecule has 0 radical (unpaired) electrons. The summed E-state index contributed by atoms with van der Waals surface area (Å²) >= 11 is 1.91. The first-order valence-corrected chi connectivity index (χ1v) is 7.91. The molecule has 1 heterocycles. The maximum Gasteiger partial charge on any atom is 0.0303 e. The number of hydrogen-bond donors (Lipinski definition) is 1. The molecule has 2 heteroatoms. The van der Waals surface area contributed by atoms with E-state index >= 15 is 0 Å². The summed E-state index contributed by atoms with van der Waals surface area (Å²) in [5, 5.41) is 3.56. The molecule has 0 atom stereocenters. The van der Waals surface area contributed by atoms with Crippen molar-refractivity contribution in [1.29, 1.82) is 0 Å². The zero-order valence-electron chi connectivity index (χ0n) is 11.8. The van der Waals surface area contributed by atoms with Crippen LogP contribution in [0.15, 0.2) is 24.3 Å². The van der Waals surface area contributed by atoms with Gasteiger partial charge in [-0.3, -0.25) is 0 Å². The second-order valence-electron chi connectivity index (χ2n) is 5.51. The molecule has 0 bridgehead atoms. The Morgan fingerprint density at radius 1 is 1.05 bits per heavy atom. The lowest BCUT2D eigenvalue weighted by atomic mass is 10.1. The van der Waals surface area contributed by atoms with Crippen LogP contribution in [0.2, 0.25) is 0 Å². The van der Waals surface area contributed by atoms with Crippen LogP contribution in [0, 0.1) is 13.8 Å². The highest BCUT2D eigenvalue weighted by Crippen LogP contribution is 2.23. The van der Waals surface area contributed by atoms with Gasteiger partial charge in [-0.1, -0.05) is 18.2 Å². The first kappa shape index (κ1) is 12.9.